The summed E-state index contributed by atoms with van der Waals surface area (Å²) in [5, 5.41) is 18.9. The topological polar surface area (TPSA) is 62.4 Å². The Bertz CT molecular complexity index is 635. The fraction of sp³-hybridized carbons (Fsp3) is 0.467. The SMILES string of the molecule is CC(C)C1(O)CN(Cc2nnc(-c3ccccc3Cl)o2)C1. The summed E-state index contributed by atoms with van der Waals surface area (Å²) < 4.78 is 5.66. The van der Waals surface area contributed by atoms with Gasteiger partial charge in [0.05, 0.1) is 22.7 Å². The summed E-state index contributed by atoms with van der Waals surface area (Å²) in [6.45, 7) is 5.87. The predicted molar refractivity (Wildman–Crippen MR) is 79.8 cm³/mol. The molecule has 1 aliphatic rings. The maximum atomic E-state index is 10.2. The highest BCUT2D eigenvalue weighted by Gasteiger charge is 2.43. The van der Waals surface area contributed by atoms with Crippen LogP contribution in [0.2, 0.25) is 5.02 Å². The van der Waals surface area contributed by atoms with Crippen LogP contribution in [0.15, 0.2) is 28.7 Å². The van der Waals surface area contributed by atoms with Crippen molar-refractivity contribution in [1.82, 2.24) is 15.1 Å². The van der Waals surface area contributed by atoms with E-state index in [1.807, 2.05) is 32.0 Å². The Morgan fingerprint density at radius 2 is 2.05 bits per heavy atom. The van der Waals surface area contributed by atoms with Crippen LogP contribution in [0.3, 0.4) is 0 Å². The van der Waals surface area contributed by atoms with Crippen LogP contribution >= 0.6 is 11.6 Å². The number of benzene rings is 1. The molecule has 0 saturated carbocycles. The number of aromatic nitrogens is 2. The highest BCUT2D eigenvalue weighted by Crippen LogP contribution is 2.30. The third-order valence-corrected chi connectivity index (χ3v) is 4.33. The number of nitrogens with zero attached hydrogens (tertiary/aromatic N) is 3. The van der Waals surface area contributed by atoms with E-state index >= 15 is 0 Å². The summed E-state index contributed by atoms with van der Waals surface area (Å²) >= 11 is 6.11. The van der Waals surface area contributed by atoms with Gasteiger partial charge in [0.1, 0.15) is 0 Å². The summed E-state index contributed by atoms with van der Waals surface area (Å²) in [6.07, 6.45) is 0. The van der Waals surface area contributed by atoms with Gasteiger partial charge in [-0.25, -0.2) is 0 Å². The number of hydrogen-bond donors (Lipinski definition) is 1. The molecule has 0 spiro atoms. The van der Waals surface area contributed by atoms with E-state index < -0.39 is 5.60 Å². The lowest BCUT2D eigenvalue weighted by atomic mass is 9.83. The normalized spacial score (nSPS) is 18.0. The van der Waals surface area contributed by atoms with Crippen molar-refractivity contribution in [2.45, 2.75) is 26.0 Å². The van der Waals surface area contributed by atoms with E-state index in [0.717, 1.165) is 5.56 Å². The van der Waals surface area contributed by atoms with Gasteiger partial charge in [-0.15, -0.1) is 10.2 Å². The largest absolute Gasteiger partial charge is 0.419 e. The van der Waals surface area contributed by atoms with Crippen LogP contribution in [0.1, 0.15) is 19.7 Å². The zero-order chi connectivity index (χ0) is 15.0. The number of β-amino-alcohol motifs (C(OH)–C–C–N with tert-alkyl or cyclic N) is 1. The van der Waals surface area contributed by atoms with E-state index in [4.69, 9.17) is 16.0 Å². The zero-order valence-electron chi connectivity index (χ0n) is 12.1. The van der Waals surface area contributed by atoms with Crippen molar-refractivity contribution in [1.29, 1.82) is 0 Å². The van der Waals surface area contributed by atoms with Crippen molar-refractivity contribution in [3.8, 4) is 11.5 Å². The lowest BCUT2D eigenvalue weighted by Gasteiger charge is -2.48. The first kappa shape index (κ1) is 14.5. The molecule has 0 aliphatic carbocycles. The average molecular weight is 308 g/mol. The minimum Gasteiger partial charge on any atom is -0.419 e. The summed E-state index contributed by atoms with van der Waals surface area (Å²) in [6, 6.07) is 7.37. The van der Waals surface area contributed by atoms with Gasteiger partial charge in [-0.05, 0) is 18.1 Å². The molecular weight excluding hydrogens is 290 g/mol. The molecule has 1 aromatic heterocycles. The van der Waals surface area contributed by atoms with Crippen LogP contribution in [0.4, 0.5) is 0 Å². The van der Waals surface area contributed by atoms with Gasteiger partial charge in [-0.2, -0.15) is 0 Å². The highest BCUT2D eigenvalue weighted by molar-refractivity contribution is 6.33. The van der Waals surface area contributed by atoms with E-state index in [0.29, 0.717) is 36.4 Å². The lowest BCUT2D eigenvalue weighted by Crippen LogP contribution is -2.63. The van der Waals surface area contributed by atoms with Crippen LogP contribution < -0.4 is 0 Å². The minimum absolute atomic E-state index is 0.245. The molecule has 6 heteroatoms. The molecule has 1 fully saturated rings. The fourth-order valence-electron chi connectivity index (χ4n) is 2.46. The fourth-order valence-corrected chi connectivity index (χ4v) is 2.67. The Hall–Kier alpha value is -1.43. The maximum Gasteiger partial charge on any atom is 0.249 e. The third kappa shape index (κ3) is 2.81. The summed E-state index contributed by atoms with van der Waals surface area (Å²) in [7, 11) is 0. The molecule has 0 amide bonds. The molecule has 0 radical (unpaired) electrons. The number of likely N-dealkylation sites (tertiary alicyclic amines) is 1. The Balaban J connectivity index is 1.66. The van der Waals surface area contributed by atoms with Crippen molar-refractivity contribution in [2.75, 3.05) is 13.1 Å². The van der Waals surface area contributed by atoms with Crippen molar-refractivity contribution in [2.24, 2.45) is 5.92 Å². The Morgan fingerprint density at radius 3 is 2.71 bits per heavy atom. The lowest BCUT2D eigenvalue weighted by molar-refractivity contribution is -0.132. The van der Waals surface area contributed by atoms with Crippen LogP contribution in [-0.4, -0.2) is 38.9 Å². The van der Waals surface area contributed by atoms with Crippen LogP contribution in [0, 0.1) is 5.92 Å². The molecule has 0 atom stereocenters. The second-order valence-electron chi connectivity index (χ2n) is 5.88. The minimum atomic E-state index is -0.592. The molecule has 1 saturated heterocycles. The molecule has 2 aromatic rings. The van der Waals surface area contributed by atoms with Crippen molar-refractivity contribution in [3.63, 3.8) is 0 Å². The third-order valence-electron chi connectivity index (χ3n) is 4.00. The molecule has 2 heterocycles. The van der Waals surface area contributed by atoms with Crippen molar-refractivity contribution >= 4 is 11.6 Å². The predicted octanol–water partition coefficient (Wildman–Crippen LogP) is 2.59. The van der Waals surface area contributed by atoms with E-state index in [-0.39, 0.29) is 5.92 Å². The first-order valence-electron chi connectivity index (χ1n) is 7.00. The zero-order valence-corrected chi connectivity index (χ0v) is 12.8. The molecule has 0 unspecified atom stereocenters. The average Bonchev–Trinajstić information content (AvgIpc) is 2.85. The first-order chi connectivity index (χ1) is 9.98. The van der Waals surface area contributed by atoms with Gasteiger partial charge >= 0.3 is 0 Å². The summed E-state index contributed by atoms with van der Waals surface area (Å²) in [5.41, 5.74) is 0.145. The van der Waals surface area contributed by atoms with Gasteiger partial charge in [0.25, 0.3) is 0 Å². The van der Waals surface area contributed by atoms with Gasteiger partial charge in [-0.1, -0.05) is 37.6 Å². The molecule has 112 valence electrons. The Morgan fingerprint density at radius 1 is 1.33 bits per heavy atom. The summed E-state index contributed by atoms with van der Waals surface area (Å²) in [4.78, 5) is 2.09. The van der Waals surface area contributed by atoms with E-state index in [1.165, 1.54) is 0 Å². The highest BCUT2D eigenvalue weighted by atomic mass is 35.5. The van der Waals surface area contributed by atoms with Crippen molar-refractivity contribution < 1.29 is 9.52 Å². The van der Waals surface area contributed by atoms with E-state index in [9.17, 15) is 5.11 Å². The quantitative estimate of drug-likeness (QED) is 0.940. The van der Waals surface area contributed by atoms with Gasteiger partial charge in [0.15, 0.2) is 0 Å². The van der Waals surface area contributed by atoms with Gasteiger partial charge in [0.2, 0.25) is 11.8 Å². The Labute approximate surface area is 128 Å². The van der Waals surface area contributed by atoms with Crippen LogP contribution in [0.5, 0.6) is 0 Å². The standard InChI is InChI=1S/C15H18ClN3O2/c1-10(2)15(20)8-19(9-15)7-13-17-18-14(21-13)11-5-3-4-6-12(11)16/h3-6,10,20H,7-9H2,1-2H3. The molecule has 21 heavy (non-hydrogen) atoms. The van der Waals surface area contributed by atoms with E-state index in [2.05, 4.69) is 15.1 Å². The van der Waals surface area contributed by atoms with Crippen molar-refractivity contribution in [3.05, 3.63) is 35.2 Å². The van der Waals surface area contributed by atoms with Gasteiger partial charge in [-0.3, -0.25) is 4.90 Å². The summed E-state index contributed by atoms with van der Waals surface area (Å²) in [5.74, 6) is 1.21. The second-order valence-corrected chi connectivity index (χ2v) is 6.29. The van der Waals surface area contributed by atoms with Gasteiger partial charge < -0.3 is 9.52 Å². The monoisotopic (exact) mass is 307 g/mol. The molecular formula is C15H18ClN3O2. The number of hydrogen-bond acceptors (Lipinski definition) is 5. The molecule has 1 aliphatic heterocycles. The van der Waals surface area contributed by atoms with Crippen LogP contribution in [-0.2, 0) is 6.54 Å². The van der Waals surface area contributed by atoms with Gasteiger partial charge in [0, 0.05) is 13.1 Å². The molecule has 3 rings (SSSR count). The second kappa shape index (κ2) is 5.40. The Kier molecular flexibility index (Phi) is 3.73. The van der Waals surface area contributed by atoms with E-state index in [1.54, 1.807) is 6.07 Å². The molecule has 0 bridgehead atoms. The smallest absolute Gasteiger partial charge is 0.249 e. The number of halogens is 1. The maximum absolute atomic E-state index is 10.2. The van der Waals surface area contributed by atoms with Crippen LogP contribution in [0.25, 0.3) is 11.5 Å². The first-order valence-corrected chi connectivity index (χ1v) is 7.38. The molecule has 1 aromatic carbocycles. The molecule has 1 N–H and O–H groups in total. The number of aliphatic hydroxyl groups is 1. The number of rotatable bonds is 4. The molecule has 5 nitrogen and oxygen atoms in total.